The summed E-state index contributed by atoms with van der Waals surface area (Å²) in [4.78, 5) is 0. The Kier molecular flexibility index (Phi) is 4.87. The van der Waals surface area contributed by atoms with Crippen LogP contribution >= 0.6 is 27.5 Å². The summed E-state index contributed by atoms with van der Waals surface area (Å²) in [6, 6.07) is 5.15. The minimum absolute atomic E-state index is 0.162. The van der Waals surface area contributed by atoms with Crippen molar-refractivity contribution in [3.8, 4) is 0 Å². The van der Waals surface area contributed by atoms with Crippen LogP contribution in [0.3, 0.4) is 0 Å². The van der Waals surface area contributed by atoms with Crippen LogP contribution in [0.4, 0.5) is 4.39 Å². The zero-order chi connectivity index (χ0) is 12.3. The van der Waals surface area contributed by atoms with E-state index in [1.165, 1.54) is 25.3 Å². The first-order chi connectivity index (χ1) is 8.13. The Balaban J connectivity index is 2.03. The molecule has 1 fully saturated rings. The third kappa shape index (κ3) is 4.26. The van der Waals surface area contributed by atoms with Gasteiger partial charge in [-0.15, -0.1) is 11.6 Å². The first-order valence-electron chi connectivity index (χ1n) is 6.22. The number of hydrogen-bond acceptors (Lipinski definition) is 0. The van der Waals surface area contributed by atoms with Crippen molar-refractivity contribution < 1.29 is 4.39 Å². The van der Waals surface area contributed by atoms with Gasteiger partial charge in [0.05, 0.1) is 0 Å². The molecule has 0 amide bonds. The van der Waals surface area contributed by atoms with Gasteiger partial charge in [0.2, 0.25) is 0 Å². The number of benzene rings is 1. The minimum Gasteiger partial charge on any atom is -0.207 e. The average molecular weight is 320 g/mol. The minimum atomic E-state index is -0.162. The van der Waals surface area contributed by atoms with Gasteiger partial charge >= 0.3 is 0 Å². The molecule has 17 heavy (non-hydrogen) atoms. The number of rotatable bonds is 2. The van der Waals surface area contributed by atoms with Gasteiger partial charge in [0, 0.05) is 9.85 Å². The Morgan fingerprint density at radius 1 is 1.24 bits per heavy atom. The van der Waals surface area contributed by atoms with E-state index in [0.29, 0.717) is 11.3 Å². The molecule has 0 nitrogen and oxygen atoms in total. The summed E-state index contributed by atoms with van der Waals surface area (Å²) in [5.74, 6) is 0.444. The molecule has 2 unspecified atom stereocenters. The smallest absolute Gasteiger partial charge is 0.124 e. The van der Waals surface area contributed by atoms with Gasteiger partial charge in [0.25, 0.3) is 0 Å². The Labute approximate surface area is 116 Å². The summed E-state index contributed by atoms with van der Waals surface area (Å²) in [5, 5.41) is 0.305. The molecule has 1 aromatic rings. The van der Waals surface area contributed by atoms with Crippen molar-refractivity contribution in [3.05, 3.63) is 34.1 Å². The second kappa shape index (κ2) is 6.19. The van der Waals surface area contributed by atoms with E-state index in [4.69, 9.17) is 11.6 Å². The van der Waals surface area contributed by atoms with E-state index in [9.17, 15) is 4.39 Å². The predicted octanol–water partition coefficient (Wildman–Crippen LogP) is 5.32. The van der Waals surface area contributed by atoms with Crippen molar-refractivity contribution in [2.24, 2.45) is 5.92 Å². The van der Waals surface area contributed by atoms with Gasteiger partial charge in [-0.2, -0.15) is 0 Å². The molecule has 94 valence electrons. The monoisotopic (exact) mass is 318 g/mol. The zero-order valence-electron chi connectivity index (χ0n) is 9.76. The summed E-state index contributed by atoms with van der Waals surface area (Å²) < 4.78 is 14.1. The van der Waals surface area contributed by atoms with Gasteiger partial charge in [-0.25, -0.2) is 4.39 Å². The van der Waals surface area contributed by atoms with Crippen molar-refractivity contribution in [1.82, 2.24) is 0 Å². The van der Waals surface area contributed by atoms with Crippen LogP contribution in [0.15, 0.2) is 22.7 Å². The molecule has 0 radical (unpaired) electrons. The highest BCUT2D eigenvalue weighted by Crippen LogP contribution is 2.29. The molecule has 1 saturated carbocycles. The fourth-order valence-corrected chi connectivity index (χ4v) is 3.56. The van der Waals surface area contributed by atoms with Gasteiger partial charge in [-0.05, 0) is 48.9 Å². The van der Waals surface area contributed by atoms with Crippen LogP contribution in [0.25, 0.3) is 0 Å². The highest BCUT2D eigenvalue weighted by Gasteiger charge is 2.19. The van der Waals surface area contributed by atoms with Crippen molar-refractivity contribution in [3.63, 3.8) is 0 Å². The lowest BCUT2D eigenvalue weighted by atomic mass is 9.92. The van der Waals surface area contributed by atoms with E-state index in [0.717, 1.165) is 29.3 Å². The Morgan fingerprint density at radius 2 is 2.00 bits per heavy atom. The SMILES string of the molecule is Fc1cc(Br)cc(CC2CCCCC(Cl)C2)c1. The molecule has 0 aromatic heterocycles. The average Bonchev–Trinajstić information content (AvgIpc) is 2.41. The molecule has 0 aliphatic heterocycles. The quantitative estimate of drug-likeness (QED) is 0.511. The summed E-state index contributed by atoms with van der Waals surface area (Å²) >= 11 is 9.60. The Morgan fingerprint density at radius 3 is 2.76 bits per heavy atom. The van der Waals surface area contributed by atoms with E-state index < -0.39 is 0 Å². The second-order valence-electron chi connectivity index (χ2n) is 4.97. The molecule has 0 saturated heterocycles. The second-order valence-corrected chi connectivity index (χ2v) is 6.50. The highest BCUT2D eigenvalue weighted by molar-refractivity contribution is 9.10. The van der Waals surface area contributed by atoms with E-state index in [1.807, 2.05) is 6.07 Å². The number of alkyl halides is 1. The van der Waals surface area contributed by atoms with Crippen LogP contribution in [0.1, 0.15) is 37.7 Å². The number of halogens is 3. The first kappa shape index (κ1) is 13.4. The summed E-state index contributed by atoms with van der Waals surface area (Å²) in [6.45, 7) is 0. The van der Waals surface area contributed by atoms with E-state index in [-0.39, 0.29) is 5.82 Å². The molecule has 2 atom stereocenters. The molecule has 1 aliphatic rings. The van der Waals surface area contributed by atoms with Gasteiger partial charge in [-0.3, -0.25) is 0 Å². The first-order valence-corrected chi connectivity index (χ1v) is 7.45. The Hall–Kier alpha value is -0.0800. The Bertz CT molecular complexity index is 360. The van der Waals surface area contributed by atoms with E-state index >= 15 is 0 Å². The maximum atomic E-state index is 13.3. The lowest BCUT2D eigenvalue weighted by molar-refractivity contribution is 0.459. The van der Waals surface area contributed by atoms with Crippen LogP contribution < -0.4 is 0 Å². The van der Waals surface area contributed by atoms with Crippen LogP contribution in [0, 0.1) is 11.7 Å². The maximum Gasteiger partial charge on any atom is 0.124 e. The van der Waals surface area contributed by atoms with Gasteiger partial charge in [0.1, 0.15) is 5.82 Å². The normalized spacial score (nSPS) is 25.6. The van der Waals surface area contributed by atoms with Crippen LogP contribution in [-0.2, 0) is 6.42 Å². The molecule has 1 aliphatic carbocycles. The van der Waals surface area contributed by atoms with Gasteiger partial charge in [0.15, 0.2) is 0 Å². The lowest BCUT2D eigenvalue weighted by Crippen LogP contribution is -2.08. The van der Waals surface area contributed by atoms with Gasteiger partial charge < -0.3 is 0 Å². The number of hydrogen-bond donors (Lipinski definition) is 0. The van der Waals surface area contributed by atoms with E-state index in [2.05, 4.69) is 15.9 Å². The standard InChI is InChI=1S/C14H17BrClF/c15-12-6-11(8-14(17)9-12)5-10-3-1-2-4-13(16)7-10/h6,8-10,13H,1-5,7H2. The van der Waals surface area contributed by atoms with Crippen molar-refractivity contribution in [2.45, 2.75) is 43.9 Å². The summed E-state index contributed by atoms with van der Waals surface area (Å²) in [6.07, 6.45) is 6.85. The van der Waals surface area contributed by atoms with Gasteiger partial charge in [-0.1, -0.05) is 35.2 Å². The lowest BCUT2D eigenvalue weighted by Gasteiger charge is -2.16. The molecular weight excluding hydrogens is 303 g/mol. The summed E-state index contributed by atoms with van der Waals surface area (Å²) in [7, 11) is 0. The van der Waals surface area contributed by atoms with E-state index in [1.54, 1.807) is 6.07 Å². The maximum absolute atomic E-state index is 13.3. The molecule has 0 bridgehead atoms. The molecule has 3 heteroatoms. The molecule has 2 rings (SSSR count). The van der Waals surface area contributed by atoms with Crippen molar-refractivity contribution >= 4 is 27.5 Å². The molecule has 0 N–H and O–H groups in total. The van der Waals surface area contributed by atoms with Crippen molar-refractivity contribution in [1.29, 1.82) is 0 Å². The fraction of sp³-hybridized carbons (Fsp3) is 0.571. The van der Waals surface area contributed by atoms with Crippen LogP contribution in [-0.4, -0.2) is 5.38 Å². The predicted molar refractivity (Wildman–Crippen MR) is 74.0 cm³/mol. The molecular formula is C14H17BrClF. The highest BCUT2D eigenvalue weighted by atomic mass is 79.9. The van der Waals surface area contributed by atoms with Crippen molar-refractivity contribution in [2.75, 3.05) is 0 Å². The van der Waals surface area contributed by atoms with Crippen LogP contribution in [0.2, 0.25) is 0 Å². The molecule has 0 spiro atoms. The molecule has 1 aromatic carbocycles. The third-order valence-corrected chi connectivity index (χ3v) is 4.27. The molecule has 0 heterocycles. The summed E-state index contributed by atoms with van der Waals surface area (Å²) in [5.41, 5.74) is 1.08. The fourth-order valence-electron chi connectivity index (χ4n) is 2.64. The third-order valence-electron chi connectivity index (χ3n) is 3.42. The largest absolute Gasteiger partial charge is 0.207 e. The topological polar surface area (TPSA) is 0 Å². The van der Waals surface area contributed by atoms with Crippen LogP contribution in [0.5, 0.6) is 0 Å². The zero-order valence-corrected chi connectivity index (χ0v) is 12.1.